The average Bonchev–Trinajstić information content (AvgIpc) is 2.72. The maximum Gasteiger partial charge on any atom is 0.101 e. The third-order valence-corrected chi connectivity index (χ3v) is 6.08. The van der Waals surface area contributed by atoms with Crippen LogP contribution in [0.4, 0.5) is 0 Å². The van der Waals surface area contributed by atoms with E-state index in [0.29, 0.717) is 17.0 Å². The van der Waals surface area contributed by atoms with E-state index in [2.05, 4.69) is 32.1 Å². The molecule has 1 aliphatic carbocycles. The Kier molecular flexibility index (Phi) is 6.31. The van der Waals surface area contributed by atoms with Crippen LogP contribution in [-0.2, 0) is 0 Å². The molecule has 1 aliphatic rings. The first-order chi connectivity index (χ1) is 13.2. The van der Waals surface area contributed by atoms with Crippen molar-refractivity contribution in [1.82, 2.24) is 0 Å². The van der Waals surface area contributed by atoms with Crippen LogP contribution < -0.4 is 0 Å². The van der Waals surface area contributed by atoms with Crippen molar-refractivity contribution in [1.29, 1.82) is 10.5 Å². The van der Waals surface area contributed by atoms with Crippen LogP contribution in [0.15, 0.2) is 36.4 Å². The Morgan fingerprint density at radius 2 is 1.56 bits per heavy atom. The Bertz CT molecular complexity index is 857. The number of nitrogens with zero attached hydrogens (tertiary/aromatic N) is 2. The first kappa shape index (κ1) is 19.2. The molecule has 2 aromatic carbocycles. The Labute approximate surface area is 163 Å². The van der Waals surface area contributed by atoms with E-state index >= 15 is 0 Å². The molecular formula is C25H28N2. The predicted molar refractivity (Wildman–Crippen MR) is 110 cm³/mol. The number of aryl methyl sites for hydroxylation is 1. The normalized spacial score (nSPS) is 19.3. The van der Waals surface area contributed by atoms with E-state index in [9.17, 15) is 10.5 Å². The largest absolute Gasteiger partial charge is 0.192 e. The lowest BCUT2D eigenvalue weighted by Gasteiger charge is -2.29. The number of rotatable bonds is 5. The molecule has 0 aromatic heterocycles. The number of hydrogen-bond acceptors (Lipinski definition) is 2. The first-order valence-corrected chi connectivity index (χ1v) is 10.2. The van der Waals surface area contributed by atoms with Gasteiger partial charge < -0.3 is 0 Å². The number of unbranched alkanes of at least 4 members (excludes halogenated alkanes) is 1. The van der Waals surface area contributed by atoms with Crippen LogP contribution in [0.2, 0.25) is 0 Å². The highest BCUT2D eigenvalue weighted by atomic mass is 14.3. The minimum atomic E-state index is 0.414. The number of hydrogen-bond donors (Lipinski definition) is 0. The van der Waals surface area contributed by atoms with Crippen LogP contribution in [0.3, 0.4) is 0 Å². The van der Waals surface area contributed by atoms with Gasteiger partial charge in [0.05, 0.1) is 11.1 Å². The highest BCUT2D eigenvalue weighted by Crippen LogP contribution is 2.40. The summed E-state index contributed by atoms with van der Waals surface area (Å²) in [6, 6.07) is 17.0. The molecule has 0 aliphatic heterocycles. The SMILES string of the molecule is CCCC[C@H]1CC[C@H](c2ccc(-c3ccc(C)cc3)c(C#N)c2C#N)CC1. The fourth-order valence-corrected chi connectivity index (χ4v) is 4.42. The topological polar surface area (TPSA) is 47.6 Å². The minimum absolute atomic E-state index is 0.414. The summed E-state index contributed by atoms with van der Waals surface area (Å²) in [5.74, 6) is 1.26. The molecule has 2 heteroatoms. The summed E-state index contributed by atoms with van der Waals surface area (Å²) in [7, 11) is 0. The Hall–Kier alpha value is -2.58. The van der Waals surface area contributed by atoms with Crippen molar-refractivity contribution in [2.45, 2.75) is 64.7 Å². The van der Waals surface area contributed by atoms with Crippen LogP contribution in [0.5, 0.6) is 0 Å². The van der Waals surface area contributed by atoms with Crippen molar-refractivity contribution in [3.05, 3.63) is 58.7 Å². The van der Waals surface area contributed by atoms with Crippen molar-refractivity contribution in [3.8, 4) is 23.3 Å². The molecule has 27 heavy (non-hydrogen) atoms. The van der Waals surface area contributed by atoms with E-state index in [1.807, 2.05) is 30.3 Å². The smallest absolute Gasteiger partial charge is 0.101 e. The summed E-state index contributed by atoms with van der Waals surface area (Å²) < 4.78 is 0. The summed E-state index contributed by atoms with van der Waals surface area (Å²) in [5, 5.41) is 19.7. The van der Waals surface area contributed by atoms with Gasteiger partial charge in [-0.15, -0.1) is 0 Å². The van der Waals surface area contributed by atoms with Crippen LogP contribution in [0.1, 0.15) is 80.0 Å². The van der Waals surface area contributed by atoms with Gasteiger partial charge in [-0.05, 0) is 55.6 Å². The second kappa shape index (κ2) is 8.88. The average molecular weight is 357 g/mol. The highest BCUT2D eigenvalue weighted by Gasteiger charge is 2.26. The fraction of sp³-hybridized carbons (Fsp3) is 0.440. The van der Waals surface area contributed by atoms with Crippen LogP contribution in [0, 0.1) is 35.5 Å². The molecule has 1 saturated carbocycles. The molecule has 0 spiro atoms. The third-order valence-electron chi connectivity index (χ3n) is 6.08. The summed E-state index contributed by atoms with van der Waals surface area (Å²) in [6.45, 7) is 4.31. The molecule has 0 N–H and O–H groups in total. The number of benzene rings is 2. The van der Waals surface area contributed by atoms with Crippen molar-refractivity contribution in [2.24, 2.45) is 5.92 Å². The highest BCUT2D eigenvalue weighted by molar-refractivity contribution is 5.75. The molecule has 3 rings (SSSR count). The molecular weight excluding hydrogens is 328 g/mol. The van der Waals surface area contributed by atoms with Crippen LogP contribution in [-0.4, -0.2) is 0 Å². The van der Waals surface area contributed by atoms with Gasteiger partial charge in [-0.1, -0.05) is 68.1 Å². The quantitative estimate of drug-likeness (QED) is 0.587. The maximum absolute atomic E-state index is 9.84. The monoisotopic (exact) mass is 356 g/mol. The molecule has 0 amide bonds. The minimum Gasteiger partial charge on any atom is -0.192 e. The molecule has 0 bridgehead atoms. The van der Waals surface area contributed by atoms with E-state index in [4.69, 9.17) is 0 Å². The second-order valence-corrected chi connectivity index (χ2v) is 7.90. The van der Waals surface area contributed by atoms with Crippen molar-refractivity contribution in [3.63, 3.8) is 0 Å². The zero-order valence-electron chi connectivity index (χ0n) is 16.5. The van der Waals surface area contributed by atoms with Crippen molar-refractivity contribution in [2.75, 3.05) is 0 Å². The Balaban J connectivity index is 1.89. The Morgan fingerprint density at radius 1 is 0.889 bits per heavy atom. The van der Waals surface area contributed by atoms with Gasteiger partial charge in [0.2, 0.25) is 0 Å². The molecule has 1 fully saturated rings. The van der Waals surface area contributed by atoms with Gasteiger partial charge in [0.15, 0.2) is 0 Å². The third kappa shape index (κ3) is 4.23. The predicted octanol–water partition coefficient (Wildman–Crippen LogP) is 6.87. The molecule has 0 saturated heterocycles. The summed E-state index contributed by atoms with van der Waals surface area (Å²) in [6.07, 6.45) is 8.70. The van der Waals surface area contributed by atoms with Crippen molar-refractivity contribution >= 4 is 0 Å². The van der Waals surface area contributed by atoms with Crippen LogP contribution >= 0.6 is 0 Å². The molecule has 2 nitrogen and oxygen atoms in total. The van der Waals surface area contributed by atoms with E-state index in [-0.39, 0.29) is 0 Å². The fourth-order valence-electron chi connectivity index (χ4n) is 4.42. The lowest BCUT2D eigenvalue weighted by atomic mass is 9.75. The summed E-state index contributed by atoms with van der Waals surface area (Å²) >= 11 is 0. The summed E-state index contributed by atoms with van der Waals surface area (Å²) in [4.78, 5) is 0. The van der Waals surface area contributed by atoms with E-state index < -0.39 is 0 Å². The van der Waals surface area contributed by atoms with E-state index in [1.165, 1.54) is 37.7 Å². The maximum atomic E-state index is 9.84. The lowest BCUT2D eigenvalue weighted by Crippen LogP contribution is -2.15. The van der Waals surface area contributed by atoms with E-state index in [1.54, 1.807) is 0 Å². The summed E-state index contributed by atoms with van der Waals surface area (Å²) in [5.41, 5.74) is 5.27. The van der Waals surface area contributed by atoms with E-state index in [0.717, 1.165) is 35.4 Å². The zero-order valence-corrected chi connectivity index (χ0v) is 16.5. The standard InChI is InChI=1S/C25H28N2/c1-3-4-5-19-8-12-21(13-9-19)23-15-14-22(24(16-26)25(23)17-27)20-10-6-18(2)7-11-20/h6-7,10-11,14-15,19,21H,3-5,8-9,12-13H2,1-2H3/t19-,21-. The Morgan fingerprint density at radius 3 is 2.15 bits per heavy atom. The van der Waals surface area contributed by atoms with Gasteiger partial charge in [0.25, 0.3) is 0 Å². The molecule has 2 aromatic rings. The number of nitriles is 2. The molecule has 0 atom stereocenters. The zero-order chi connectivity index (χ0) is 19.2. The first-order valence-electron chi connectivity index (χ1n) is 10.2. The van der Waals surface area contributed by atoms with Gasteiger partial charge in [-0.2, -0.15) is 10.5 Å². The van der Waals surface area contributed by atoms with Gasteiger partial charge >= 0.3 is 0 Å². The van der Waals surface area contributed by atoms with Gasteiger partial charge in [-0.3, -0.25) is 0 Å². The van der Waals surface area contributed by atoms with Crippen LogP contribution in [0.25, 0.3) is 11.1 Å². The van der Waals surface area contributed by atoms with Gasteiger partial charge in [-0.25, -0.2) is 0 Å². The lowest BCUT2D eigenvalue weighted by molar-refractivity contribution is 0.304. The molecule has 0 heterocycles. The van der Waals surface area contributed by atoms with Gasteiger partial charge in [0.1, 0.15) is 12.1 Å². The van der Waals surface area contributed by atoms with Crippen molar-refractivity contribution < 1.29 is 0 Å². The van der Waals surface area contributed by atoms with Gasteiger partial charge in [0, 0.05) is 5.56 Å². The molecule has 0 unspecified atom stereocenters. The second-order valence-electron chi connectivity index (χ2n) is 7.90. The molecule has 138 valence electrons. The molecule has 0 radical (unpaired) electrons.